The number of nitrogen functional groups attached to an aromatic ring is 1. The number of carbonyl (C=O) groups is 1. The topological polar surface area (TPSA) is 126 Å². The number of aromatic nitrogens is 2. The van der Waals surface area contributed by atoms with Crippen LogP contribution in [-0.4, -0.2) is 28.5 Å². The third kappa shape index (κ3) is 4.55. The second-order valence-electron chi connectivity index (χ2n) is 7.54. The summed E-state index contributed by atoms with van der Waals surface area (Å²) in [5, 5.41) is 11.2. The number of benzene rings is 3. The molecule has 0 spiro atoms. The lowest BCUT2D eigenvalue weighted by atomic mass is 10.1. The van der Waals surface area contributed by atoms with Gasteiger partial charge in [-0.1, -0.05) is 48.5 Å². The summed E-state index contributed by atoms with van der Waals surface area (Å²) in [4.78, 5) is 20.5. The van der Waals surface area contributed by atoms with E-state index >= 15 is 0 Å². The van der Waals surface area contributed by atoms with Crippen molar-refractivity contribution in [1.29, 1.82) is 5.41 Å². The van der Waals surface area contributed by atoms with E-state index < -0.39 is 12.2 Å². The number of fused-ring (bicyclic) bond motifs is 2. The minimum atomic E-state index is -0.642. The molecule has 34 heavy (non-hydrogen) atoms. The van der Waals surface area contributed by atoms with Crippen molar-refractivity contribution in [3.63, 3.8) is 0 Å². The van der Waals surface area contributed by atoms with E-state index in [9.17, 15) is 4.79 Å². The minimum Gasteiger partial charge on any atom is -0.481 e. The first-order valence-electron chi connectivity index (χ1n) is 10.5. The van der Waals surface area contributed by atoms with Gasteiger partial charge in [-0.3, -0.25) is 10.7 Å². The van der Waals surface area contributed by atoms with E-state index in [0.717, 1.165) is 26.7 Å². The Morgan fingerprint density at radius 3 is 2.68 bits per heavy atom. The van der Waals surface area contributed by atoms with Gasteiger partial charge < -0.3 is 20.2 Å². The molecule has 5 aromatic rings. The summed E-state index contributed by atoms with van der Waals surface area (Å²) in [7, 11) is 0. The smallest absolute Gasteiger partial charge is 0.414 e. The number of nitrogens with zero attached hydrogens (tertiary/aromatic N) is 1. The van der Waals surface area contributed by atoms with Crippen molar-refractivity contribution in [2.45, 2.75) is 6.10 Å². The Balaban J connectivity index is 1.34. The van der Waals surface area contributed by atoms with E-state index in [2.05, 4.69) is 15.3 Å². The molecular formula is C25H21N5O3S. The van der Waals surface area contributed by atoms with E-state index in [4.69, 9.17) is 20.6 Å². The highest BCUT2D eigenvalue weighted by Crippen LogP contribution is 2.35. The molecule has 1 atom stereocenters. The van der Waals surface area contributed by atoms with Gasteiger partial charge in [-0.2, -0.15) is 0 Å². The van der Waals surface area contributed by atoms with E-state index in [0.29, 0.717) is 16.6 Å². The van der Waals surface area contributed by atoms with Crippen LogP contribution in [0.5, 0.6) is 5.75 Å². The SMILES string of the molecule is N=C(N)c1cc2c(OC(COC(=O)Nc3nc4ccccc4[nH]3)c3ccccc3)cccc2s1. The van der Waals surface area contributed by atoms with Crippen molar-refractivity contribution >= 4 is 50.3 Å². The maximum Gasteiger partial charge on any atom is 0.414 e. The Kier molecular flexibility index (Phi) is 5.84. The van der Waals surface area contributed by atoms with Crippen LogP contribution in [0.25, 0.3) is 21.1 Å². The Bertz CT molecular complexity index is 1450. The van der Waals surface area contributed by atoms with Crippen LogP contribution in [0.4, 0.5) is 10.7 Å². The van der Waals surface area contributed by atoms with Gasteiger partial charge in [0.15, 0.2) is 6.10 Å². The van der Waals surface area contributed by atoms with E-state index in [-0.39, 0.29) is 12.4 Å². The van der Waals surface area contributed by atoms with Crippen LogP contribution in [-0.2, 0) is 4.74 Å². The van der Waals surface area contributed by atoms with Crippen LogP contribution in [0.1, 0.15) is 16.5 Å². The molecular weight excluding hydrogens is 450 g/mol. The summed E-state index contributed by atoms with van der Waals surface area (Å²) in [5.74, 6) is 0.942. The average molecular weight is 472 g/mol. The Morgan fingerprint density at radius 1 is 1.09 bits per heavy atom. The van der Waals surface area contributed by atoms with Gasteiger partial charge in [-0.25, -0.2) is 9.78 Å². The van der Waals surface area contributed by atoms with Gasteiger partial charge in [0.05, 0.1) is 15.9 Å². The molecule has 0 saturated heterocycles. The molecule has 170 valence electrons. The maximum absolute atomic E-state index is 12.5. The van der Waals surface area contributed by atoms with Crippen molar-refractivity contribution in [2.24, 2.45) is 5.73 Å². The maximum atomic E-state index is 12.5. The molecule has 1 unspecified atom stereocenters. The summed E-state index contributed by atoms with van der Waals surface area (Å²) in [6.45, 7) is -0.0177. The summed E-state index contributed by atoms with van der Waals surface area (Å²) in [6, 6.07) is 24.6. The quantitative estimate of drug-likeness (QED) is 0.186. The molecule has 0 saturated carbocycles. The minimum absolute atomic E-state index is 0.0114. The molecule has 0 aliphatic carbocycles. The zero-order valence-corrected chi connectivity index (χ0v) is 18.8. The second-order valence-corrected chi connectivity index (χ2v) is 8.62. The molecule has 0 fully saturated rings. The van der Waals surface area contributed by atoms with Gasteiger partial charge in [-0.05, 0) is 35.9 Å². The van der Waals surface area contributed by atoms with Crippen LogP contribution >= 0.6 is 11.3 Å². The third-order valence-corrected chi connectivity index (χ3v) is 6.34. The molecule has 5 rings (SSSR count). The normalized spacial score (nSPS) is 11.9. The number of thiophene rings is 1. The summed E-state index contributed by atoms with van der Waals surface area (Å²) < 4.78 is 12.8. The van der Waals surface area contributed by atoms with Crippen LogP contribution in [0.3, 0.4) is 0 Å². The zero-order chi connectivity index (χ0) is 23.5. The summed E-state index contributed by atoms with van der Waals surface area (Å²) in [5.41, 5.74) is 8.09. The number of aromatic amines is 1. The predicted molar refractivity (Wildman–Crippen MR) is 134 cm³/mol. The highest BCUT2D eigenvalue weighted by atomic mass is 32.1. The van der Waals surface area contributed by atoms with Crippen LogP contribution in [0, 0.1) is 5.41 Å². The number of imidazole rings is 1. The van der Waals surface area contributed by atoms with Gasteiger partial charge in [0, 0.05) is 10.1 Å². The highest BCUT2D eigenvalue weighted by molar-refractivity contribution is 7.20. The van der Waals surface area contributed by atoms with Crippen molar-refractivity contribution in [3.05, 3.63) is 89.3 Å². The van der Waals surface area contributed by atoms with Gasteiger partial charge in [0.1, 0.15) is 18.2 Å². The molecule has 0 bridgehead atoms. The number of amidine groups is 1. The summed E-state index contributed by atoms with van der Waals surface area (Å²) in [6.07, 6.45) is -1.19. The number of anilines is 1. The Hall–Kier alpha value is -4.37. The fourth-order valence-corrected chi connectivity index (χ4v) is 4.52. The van der Waals surface area contributed by atoms with Gasteiger partial charge in [-0.15, -0.1) is 11.3 Å². The fourth-order valence-electron chi connectivity index (χ4n) is 3.59. The number of amides is 1. The number of ether oxygens (including phenoxy) is 2. The molecule has 9 heteroatoms. The standard InChI is InChI=1S/C25H21N5O3S/c26-23(27)22-13-16-19(11-6-12-21(16)34-22)33-20(15-7-2-1-3-8-15)14-32-25(31)30-24-28-17-9-4-5-10-18(17)29-24/h1-13,20H,14H2,(H3,26,27)(H2,28,29,30,31). The van der Waals surface area contributed by atoms with Gasteiger partial charge in [0.2, 0.25) is 5.95 Å². The molecule has 0 radical (unpaired) electrons. The monoisotopic (exact) mass is 471 g/mol. The highest BCUT2D eigenvalue weighted by Gasteiger charge is 2.19. The molecule has 1 amide bonds. The zero-order valence-electron chi connectivity index (χ0n) is 17.9. The predicted octanol–water partition coefficient (Wildman–Crippen LogP) is 5.43. The molecule has 0 aliphatic heterocycles. The molecule has 3 aromatic carbocycles. The van der Waals surface area contributed by atoms with Crippen LogP contribution in [0.2, 0.25) is 0 Å². The van der Waals surface area contributed by atoms with E-state index in [1.165, 1.54) is 11.3 Å². The molecule has 0 aliphatic rings. The number of hydrogen-bond acceptors (Lipinski definition) is 6. The summed E-state index contributed by atoms with van der Waals surface area (Å²) >= 11 is 1.43. The average Bonchev–Trinajstić information content (AvgIpc) is 3.46. The second kappa shape index (κ2) is 9.24. The first-order valence-corrected chi connectivity index (χ1v) is 11.4. The number of nitrogens with one attached hydrogen (secondary N) is 3. The largest absolute Gasteiger partial charge is 0.481 e. The Labute approximate surface area is 198 Å². The van der Waals surface area contributed by atoms with Gasteiger partial charge >= 0.3 is 6.09 Å². The van der Waals surface area contributed by atoms with E-state index in [1.54, 1.807) is 0 Å². The number of H-pyrrole nitrogens is 1. The first kappa shape index (κ1) is 21.5. The third-order valence-electron chi connectivity index (χ3n) is 5.20. The molecule has 2 heterocycles. The van der Waals surface area contributed by atoms with E-state index in [1.807, 2.05) is 78.9 Å². The lowest BCUT2D eigenvalue weighted by molar-refractivity contribution is 0.0909. The fraction of sp³-hybridized carbons (Fsp3) is 0.0800. The number of carbonyl (C=O) groups excluding carboxylic acids is 1. The number of rotatable bonds is 7. The molecule has 8 nitrogen and oxygen atoms in total. The van der Waals surface area contributed by atoms with Crippen LogP contribution < -0.4 is 15.8 Å². The number of hydrogen-bond donors (Lipinski definition) is 4. The lowest BCUT2D eigenvalue weighted by Crippen LogP contribution is -2.21. The van der Waals surface area contributed by atoms with Crippen LogP contribution in [0.15, 0.2) is 78.9 Å². The molecule has 5 N–H and O–H groups in total. The number of nitrogens with two attached hydrogens (primary N) is 1. The first-order chi connectivity index (χ1) is 16.6. The van der Waals surface area contributed by atoms with Crippen molar-refractivity contribution in [3.8, 4) is 5.75 Å². The van der Waals surface area contributed by atoms with Crippen molar-refractivity contribution < 1.29 is 14.3 Å². The Morgan fingerprint density at radius 2 is 1.88 bits per heavy atom. The number of para-hydroxylation sites is 2. The van der Waals surface area contributed by atoms with Crippen molar-refractivity contribution in [1.82, 2.24) is 9.97 Å². The molecule has 2 aromatic heterocycles. The lowest BCUT2D eigenvalue weighted by Gasteiger charge is -2.20. The van der Waals surface area contributed by atoms with Gasteiger partial charge in [0.25, 0.3) is 0 Å². The van der Waals surface area contributed by atoms with Crippen molar-refractivity contribution in [2.75, 3.05) is 11.9 Å².